The lowest BCUT2D eigenvalue weighted by atomic mass is 10.1. The van der Waals surface area contributed by atoms with Crippen LogP contribution in [-0.2, 0) is 22.4 Å². The van der Waals surface area contributed by atoms with Crippen LogP contribution in [0.2, 0.25) is 0 Å². The molecule has 1 aliphatic rings. The third-order valence-corrected chi connectivity index (χ3v) is 5.41. The highest BCUT2D eigenvalue weighted by molar-refractivity contribution is 7.89. The summed E-state index contributed by atoms with van der Waals surface area (Å²) in [7, 11) is -4.39. The van der Waals surface area contributed by atoms with Gasteiger partial charge in [0.1, 0.15) is 0 Å². The van der Waals surface area contributed by atoms with Gasteiger partial charge in [-0.15, -0.1) is 0 Å². The Bertz CT molecular complexity index is 676. The maximum Gasteiger partial charge on any atom is 0.416 e. The minimum Gasteiger partial charge on any atom is -0.207 e. The summed E-state index contributed by atoms with van der Waals surface area (Å²) in [6, 6.07) is -0.0363. The maximum atomic E-state index is 12.8. The van der Waals surface area contributed by atoms with Crippen molar-refractivity contribution < 1.29 is 34.8 Å². The largest absolute Gasteiger partial charge is 0.416 e. The molecule has 2 atom stereocenters. The first kappa shape index (κ1) is 18.1. The quantitative estimate of drug-likeness (QED) is 0.607. The number of halogens is 6. The van der Waals surface area contributed by atoms with Crippen molar-refractivity contribution in [3.8, 4) is 0 Å². The summed E-state index contributed by atoms with van der Waals surface area (Å²) in [6.07, 6.45) is -10.2. The molecule has 0 spiro atoms. The number of sulfonamides is 1. The summed E-state index contributed by atoms with van der Waals surface area (Å²) in [5.41, 5.74) is -3.29. The Balaban J connectivity index is 2.55. The van der Waals surface area contributed by atoms with Crippen LogP contribution in [0.25, 0.3) is 0 Å². The van der Waals surface area contributed by atoms with Gasteiger partial charge in [0.25, 0.3) is 0 Å². The molecule has 0 aliphatic carbocycles. The molecule has 0 N–H and O–H groups in total. The zero-order chi connectivity index (χ0) is 17.8. The summed E-state index contributed by atoms with van der Waals surface area (Å²) in [5.74, 6) is -0.0855. The van der Waals surface area contributed by atoms with E-state index in [0.717, 1.165) is 4.31 Å². The molecule has 10 heteroatoms. The molecule has 3 nitrogen and oxygen atoms in total. The van der Waals surface area contributed by atoms with Crippen LogP contribution < -0.4 is 0 Å². The van der Waals surface area contributed by atoms with E-state index < -0.39 is 44.4 Å². The summed E-state index contributed by atoms with van der Waals surface area (Å²) in [4.78, 5) is -0.997. The lowest BCUT2D eigenvalue weighted by Crippen LogP contribution is -2.19. The van der Waals surface area contributed by atoms with E-state index >= 15 is 0 Å². The van der Waals surface area contributed by atoms with Gasteiger partial charge in [-0.3, -0.25) is 0 Å². The Labute approximate surface area is 128 Å². The van der Waals surface area contributed by atoms with Crippen molar-refractivity contribution >= 4 is 10.0 Å². The van der Waals surface area contributed by atoms with Gasteiger partial charge in [-0.1, -0.05) is 13.8 Å². The minimum atomic E-state index is -5.08. The van der Waals surface area contributed by atoms with E-state index in [2.05, 4.69) is 0 Å². The molecule has 0 aromatic heterocycles. The van der Waals surface area contributed by atoms with Crippen LogP contribution in [0.4, 0.5) is 26.3 Å². The molecule has 0 saturated carbocycles. The molecule has 1 aromatic carbocycles. The Morgan fingerprint density at radius 1 is 1.00 bits per heavy atom. The van der Waals surface area contributed by atoms with Gasteiger partial charge >= 0.3 is 12.4 Å². The molecule has 23 heavy (non-hydrogen) atoms. The lowest BCUT2D eigenvalue weighted by Gasteiger charge is -2.15. The summed E-state index contributed by atoms with van der Waals surface area (Å²) in [5, 5.41) is 0. The minimum absolute atomic E-state index is 0.0809. The van der Waals surface area contributed by atoms with Crippen LogP contribution in [0.15, 0.2) is 23.1 Å². The van der Waals surface area contributed by atoms with Crippen LogP contribution >= 0.6 is 0 Å². The first-order chi connectivity index (χ1) is 10.2. The Morgan fingerprint density at radius 3 is 1.74 bits per heavy atom. The molecule has 0 amide bonds. The molecule has 1 aromatic rings. The molecule has 0 bridgehead atoms. The molecular weight excluding hydrogens is 348 g/mol. The lowest BCUT2D eigenvalue weighted by molar-refractivity contribution is -0.143. The average Bonchev–Trinajstić information content (AvgIpc) is 3.16. The zero-order valence-electron chi connectivity index (χ0n) is 12.0. The van der Waals surface area contributed by atoms with Crippen LogP contribution in [0, 0.1) is 5.92 Å². The Kier molecular flexibility index (Phi) is 4.21. The normalized spacial score (nSPS) is 22.5. The predicted molar refractivity (Wildman–Crippen MR) is 69.0 cm³/mol. The van der Waals surface area contributed by atoms with E-state index in [4.69, 9.17) is 0 Å². The maximum absolute atomic E-state index is 12.8. The van der Waals surface area contributed by atoms with E-state index in [1.165, 1.54) is 0 Å². The van der Waals surface area contributed by atoms with Gasteiger partial charge in [-0.05, 0) is 24.1 Å². The monoisotopic (exact) mass is 361 g/mol. The average molecular weight is 361 g/mol. The molecule has 1 fully saturated rings. The van der Waals surface area contributed by atoms with Crippen molar-refractivity contribution in [3.05, 3.63) is 29.3 Å². The molecular formula is C13H13F6NO2S. The first-order valence-electron chi connectivity index (χ1n) is 6.56. The molecule has 2 unspecified atom stereocenters. The summed E-state index contributed by atoms with van der Waals surface area (Å²) >= 11 is 0. The Morgan fingerprint density at radius 2 is 1.43 bits per heavy atom. The number of nitrogens with zero attached hydrogens (tertiary/aromatic N) is 1. The van der Waals surface area contributed by atoms with Crippen LogP contribution in [0.5, 0.6) is 0 Å². The first-order valence-corrected chi connectivity index (χ1v) is 8.00. The van der Waals surface area contributed by atoms with E-state index in [1.807, 2.05) is 0 Å². The summed E-state index contributed by atoms with van der Waals surface area (Å²) in [6.45, 7) is 3.51. The Hall–Kier alpha value is -1.29. The second kappa shape index (κ2) is 5.37. The van der Waals surface area contributed by atoms with Gasteiger partial charge in [0.05, 0.1) is 16.0 Å². The van der Waals surface area contributed by atoms with E-state index in [-0.39, 0.29) is 30.7 Å². The van der Waals surface area contributed by atoms with Gasteiger partial charge in [0.15, 0.2) is 0 Å². The number of hydrogen-bond donors (Lipinski definition) is 0. The molecule has 1 aliphatic heterocycles. The van der Waals surface area contributed by atoms with Crippen LogP contribution in [0.3, 0.4) is 0 Å². The second-order valence-corrected chi connectivity index (χ2v) is 7.52. The van der Waals surface area contributed by atoms with Crippen molar-refractivity contribution in [1.29, 1.82) is 0 Å². The van der Waals surface area contributed by atoms with E-state index in [0.29, 0.717) is 0 Å². The zero-order valence-corrected chi connectivity index (χ0v) is 12.9. The fourth-order valence-corrected chi connectivity index (χ4v) is 3.94. The van der Waals surface area contributed by atoms with Crippen molar-refractivity contribution in [2.75, 3.05) is 6.54 Å². The van der Waals surface area contributed by atoms with Crippen molar-refractivity contribution in [2.24, 2.45) is 5.92 Å². The topological polar surface area (TPSA) is 37.1 Å². The highest BCUT2D eigenvalue weighted by Crippen LogP contribution is 2.39. The van der Waals surface area contributed by atoms with E-state index in [1.54, 1.807) is 13.8 Å². The predicted octanol–water partition coefficient (Wildman–Crippen LogP) is 3.75. The third-order valence-electron chi connectivity index (χ3n) is 3.54. The van der Waals surface area contributed by atoms with Crippen molar-refractivity contribution in [2.45, 2.75) is 37.1 Å². The highest BCUT2D eigenvalue weighted by Gasteiger charge is 2.47. The number of hydrogen-bond acceptors (Lipinski definition) is 2. The summed E-state index contributed by atoms with van der Waals surface area (Å²) < 4.78 is 102. The SMILES string of the molecule is CC(C)C1CN1S(=O)(=O)c1cc(C(F)(F)F)cc(C(F)(F)F)c1. The fraction of sp³-hybridized carbons (Fsp3) is 0.538. The van der Waals surface area contributed by atoms with Gasteiger partial charge in [-0.25, -0.2) is 8.42 Å². The molecule has 1 heterocycles. The highest BCUT2D eigenvalue weighted by atomic mass is 32.2. The smallest absolute Gasteiger partial charge is 0.207 e. The number of alkyl halides is 6. The van der Waals surface area contributed by atoms with Gasteiger partial charge in [0, 0.05) is 12.6 Å². The van der Waals surface area contributed by atoms with Crippen LogP contribution in [0.1, 0.15) is 25.0 Å². The fourth-order valence-electron chi connectivity index (χ4n) is 2.17. The molecule has 130 valence electrons. The molecule has 0 radical (unpaired) electrons. The second-order valence-electron chi connectivity index (χ2n) is 5.63. The molecule has 2 rings (SSSR count). The van der Waals surface area contributed by atoms with Gasteiger partial charge in [0.2, 0.25) is 10.0 Å². The van der Waals surface area contributed by atoms with Crippen molar-refractivity contribution in [3.63, 3.8) is 0 Å². The number of benzene rings is 1. The van der Waals surface area contributed by atoms with Gasteiger partial charge in [-0.2, -0.15) is 30.6 Å². The van der Waals surface area contributed by atoms with Crippen LogP contribution in [-0.4, -0.2) is 25.3 Å². The molecule has 1 saturated heterocycles. The number of rotatable bonds is 3. The van der Waals surface area contributed by atoms with Crippen molar-refractivity contribution in [1.82, 2.24) is 4.31 Å². The third kappa shape index (κ3) is 3.63. The van der Waals surface area contributed by atoms with E-state index in [9.17, 15) is 34.8 Å². The standard InChI is InChI=1S/C13H13F6NO2S/c1-7(2)11-6-20(11)23(21,22)10-4-8(12(14,15)16)3-9(5-10)13(17,18)19/h3-5,7,11H,6H2,1-2H3. The van der Waals surface area contributed by atoms with Gasteiger partial charge < -0.3 is 0 Å².